The third-order valence-corrected chi connectivity index (χ3v) is 3.28. The number of nitriles is 1. The lowest BCUT2D eigenvalue weighted by molar-refractivity contribution is -0.385. The molecule has 1 atom stereocenters. The SMILES string of the molecule is N#Cc1cc(N2CCC(CN)C2)ccc1[N+](=O)[O-]. The van der Waals surface area contributed by atoms with Gasteiger partial charge in [0, 0.05) is 24.8 Å². The van der Waals surface area contributed by atoms with E-state index in [9.17, 15) is 10.1 Å². The van der Waals surface area contributed by atoms with Gasteiger partial charge in [0.2, 0.25) is 0 Å². The van der Waals surface area contributed by atoms with Gasteiger partial charge in [0.1, 0.15) is 11.6 Å². The van der Waals surface area contributed by atoms with Gasteiger partial charge in [0.25, 0.3) is 5.69 Å². The molecule has 1 aromatic rings. The number of nitrogens with zero attached hydrogens (tertiary/aromatic N) is 3. The van der Waals surface area contributed by atoms with Gasteiger partial charge >= 0.3 is 0 Å². The average molecular weight is 246 g/mol. The highest BCUT2D eigenvalue weighted by atomic mass is 16.6. The van der Waals surface area contributed by atoms with Crippen molar-refractivity contribution in [2.45, 2.75) is 6.42 Å². The van der Waals surface area contributed by atoms with Crippen LogP contribution in [0.5, 0.6) is 0 Å². The van der Waals surface area contributed by atoms with Crippen molar-refractivity contribution in [2.24, 2.45) is 11.7 Å². The number of anilines is 1. The summed E-state index contributed by atoms with van der Waals surface area (Å²) in [4.78, 5) is 12.3. The van der Waals surface area contributed by atoms with Gasteiger partial charge < -0.3 is 10.6 Å². The van der Waals surface area contributed by atoms with Gasteiger partial charge in [-0.2, -0.15) is 5.26 Å². The zero-order valence-corrected chi connectivity index (χ0v) is 9.87. The van der Waals surface area contributed by atoms with E-state index in [-0.39, 0.29) is 11.3 Å². The van der Waals surface area contributed by atoms with Crippen LogP contribution >= 0.6 is 0 Å². The summed E-state index contributed by atoms with van der Waals surface area (Å²) in [6.45, 7) is 2.37. The predicted molar refractivity (Wildman–Crippen MR) is 67.2 cm³/mol. The maximum Gasteiger partial charge on any atom is 0.287 e. The minimum absolute atomic E-state index is 0.105. The van der Waals surface area contributed by atoms with Crippen LogP contribution in [0.25, 0.3) is 0 Å². The van der Waals surface area contributed by atoms with E-state index in [1.54, 1.807) is 12.1 Å². The Morgan fingerprint density at radius 3 is 2.94 bits per heavy atom. The number of rotatable bonds is 3. The zero-order chi connectivity index (χ0) is 13.1. The molecule has 1 aliphatic rings. The van der Waals surface area contributed by atoms with Crippen molar-refractivity contribution >= 4 is 11.4 Å². The molecule has 0 spiro atoms. The molecule has 2 rings (SSSR count). The van der Waals surface area contributed by atoms with Crippen LogP contribution in [-0.4, -0.2) is 24.6 Å². The molecule has 0 radical (unpaired) electrons. The molecule has 6 heteroatoms. The average Bonchev–Trinajstić information content (AvgIpc) is 2.86. The molecule has 0 aliphatic carbocycles. The molecule has 0 bridgehead atoms. The fourth-order valence-corrected chi connectivity index (χ4v) is 2.23. The van der Waals surface area contributed by atoms with Crippen molar-refractivity contribution in [3.63, 3.8) is 0 Å². The van der Waals surface area contributed by atoms with Crippen LogP contribution in [0.1, 0.15) is 12.0 Å². The van der Waals surface area contributed by atoms with Gasteiger partial charge in [0.05, 0.1) is 4.92 Å². The minimum atomic E-state index is -0.533. The quantitative estimate of drug-likeness (QED) is 0.639. The second kappa shape index (κ2) is 5.02. The Hall–Kier alpha value is -2.13. The molecule has 1 fully saturated rings. The summed E-state index contributed by atoms with van der Waals surface area (Å²) in [5, 5.41) is 19.7. The van der Waals surface area contributed by atoms with Crippen molar-refractivity contribution in [2.75, 3.05) is 24.5 Å². The maximum atomic E-state index is 10.7. The molecule has 1 heterocycles. The highest BCUT2D eigenvalue weighted by Gasteiger charge is 2.23. The molecule has 6 nitrogen and oxygen atoms in total. The third-order valence-electron chi connectivity index (χ3n) is 3.28. The number of nitrogens with two attached hydrogens (primary N) is 1. The molecular weight excluding hydrogens is 232 g/mol. The van der Waals surface area contributed by atoms with Gasteiger partial charge in [-0.05, 0) is 31.0 Å². The lowest BCUT2D eigenvalue weighted by Gasteiger charge is -2.18. The summed E-state index contributed by atoms with van der Waals surface area (Å²) in [6.07, 6.45) is 1.02. The normalized spacial score (nSPS) is 18.7. The largest absolute Gasteiger partial charge is 0.371 e. The summed E-state index contributed by atoms with van der Waals surface area (Å²) in [5.74, 6) is 0.464. The van der Waals surface area contributed by atoms with Crippen LogP contribution in [0.4, 0.5) is 11.4 Å². The molecule has 1 unspecified atom stereocenters. The molecule has 2 N–H and O–H groups in total. The third kappa shape index (κ3) is 2.26. The lowest BCUT2D eigenvalue weighted by Crippen LogP contribution is -2.22. The van der Waals surface area contributed by atoms with E-state index >= 15 is 0 Å². The molecule has 0 aromatic heterocycles. The van der Waals surface area contributed by atoms with Gasteiger partial charge in [-0.3, -0.25) is 10.1 Å². The highest BCUT2D eigenvalue weighted by Crippen LogP contribution is 2.28. The Morgan fingerprint density at radius 2 is 2.39 bits per heavy atom. The zero-order valence-electron chi connectivity index (χ0n) is 9.87. The molecule has 1 aliphatic heterocycles. The number of hydrogen-bond donors (Lipinski definition) is 1. The molecular formula is C12H14N4O2. The topological polar surface area (TPSA) is 96.2 Å². The van der Waals surface area contributed by atoms with E-state index in [2.05, 4.69) is 4.90 Å². The Bertz CT molecular complexity index is 509. The van der Waals surface area contributed by atoms with E-state index in [0.717, 1.165) is 25.2 Å². The highest BCUT2D eigenvalue weighted by molar-refractivity contribution is 5.60. The first-order chi connectivity index (χ1) is 8.65. The number of nitro benzene ring substituents is 1. The van der Waals surface area contributed by atoms with E-state index in [1.807, 2.05) is 6.07 Å². The van der Waals surface area contributed by atoms with Crippen LogP contribution in [0, 0.1) is 27.4 Å². The molecule has 1 saturated heterocycles. The van der Waals surface area contributed by atoms with Gasteiger partial charge in [0.15, 0.2) is 0 Å². The summed E-state index contributed by atoms with van der Waals surface area (Å²) in [6, 6.07) is 6.54. The smallest absolute Gasteiger partial charge is 0.287 e. The second-order valence-corrected chi connectivity index (χ2v) is 4.41. The molecule has 94 valence electrons. The monoisotopic (exact) mass is 246 g/mol. The first-order valence-corrected chi connectivity index (χ1v) is 5.79. The van der Waals surface area contributed by atoms with Crippen LogP contribution in [0.15, 0.2) is 18.2 Å². The predicted octanol–water partition coefficient (Wildman–Crippen LogP) is 1.25. The Balaban J connectivity index is 2.26. The first kappa shape index (κ1) is 12.3. The summed E-state index contributed by atoms with van der Waals surface area (Å²) in [7, 11) is 0. The van der Waals surface area contributed by atoms with Crippen molar-refractivity contribution in [1.82, 2.24) is 0 Å². The number of benzene rings is 1. The van der Waals surface area contributed by atoms with Crippen LogP contribution in [-0.2, 0) is 0 Å². The molecule has 1 aromatic carbocycles. The first-order valence-electron chi connectivity index (χ1n) is 5.79. The van der Waals surface area contributed by atoms with E-state index in [1.165, 1.54) is 6.07 Å². The molecule has 0 amide bonds. The standard InChI is InChI=1S/C12H14N4O2/c13-6-9-3-4-15(8-9)11-1-2-12(16(17)18)10(5-11)7-14/h1-2,5,9H,3-4,6,8,13H2. The van der Waals surface area contributed by atoms with Crippen LogP contribution in [0.2, 0.25) is 0 Å². The molecule has 0 saturated carbocycles. The van der Waals surface area contributed by atoms with E-state index in [4.69, 9.17) is 11.0 Å². The Labute approximate surface area is 105 Å². The maximum absolute atomic E-state index is 10.7. The molecule has 18 heavy (non-hydrogen) atoms. The van der Waals surface area contributed by atoms with Gasteiger partial charge in [-0.25, -0.2) is 0 Å². The van der Waals surface area contributed by atoms with Crippen LogP contribution in [0.3, 0.4) is 0 Å². The Kier molecular flexibility index (Phi) is 3.44. The minimum Gasteiger partial charge on any atom is -0.371 e. The Morgan fingerprint density at radius 1 is 1.61 bits per heavy atom. The van der Waals surface area contributed by atoms with Gasteiger partial charge in [-0.15, -0.1) is 0 Å². The van der Waals surface area contributed by atoms with E-state index < -0.39 is 4.92 Å². The van der Waals surface area contributed by atoms with Crippen molar-refractivity contribution in [1.29, 1.82) is 5.26 Å². The van der Waals surface area contributed by atoms with Crippen molar-refractivity contribution in [3.05, 3.63) is 33.9 Å². The fourth-order valence-electron chi connectivity index (χ4n) is 2.23. The summed E-state index contributed by atoms with van der Waals surface area (Å²) < 4.78 is 0. The summed E-state index contributed by atoms with van der Waals surface area (Å²) in [5.41, 5.74) is 6.44. The number of hydrogen-bond acceptors (Lipinski definition) is 5. The van der Waals surface area contributed by atoms with Gasteiger partial charge in [-0.1, -0.05) is 0 Å². The fraction of sp³-hybridized carbons (Fsp3) is 0.417. The van der Waals surface area contributed by atoms with Crippen LogP contribution < -0.4 is 10.6 Å². The van der Waals surface area contributed by atoms with Crippen molar-refractivity contribution < 1.29 is 4.92 Å². The lowest BCUT2D eigenvalue weighted by atomic mass is 10.1. The van der Waals surface area contributed by atoms with Crippen molar-refractivity contribution in [3.8, 4) is 6.07 Å². The second-order valence-electron chi connectivity index (χ2n) is 4.41. The summed E-state index contributed by atoms with van der Waals surface area (Å²) >= 11 is 0. The number of nitro groups is 1. The van der Waals surface area contributed by atoms with E-state index in [0.29, 0.717) is 12.5 Å².